The molecule has 0 unspecified atom stereocenters. The second-order valence-corrected chi connectivity index (χ2v) is 53.4. The minimum Gasteiger partial charge on any atom is -0.423 e. The number of anilines is 5. The minimum absolute atomic E-state index is 0. The van der Waals surface area contributed by atoms with Crippen molar-refractivity contribution in [3.8, 4) is 55.6 Å². The zero-order valence-electron chi connectivity index (χ0n) is 68.5. The molecule has 19 heteroatoms. The average molecular weight is 2120 g/mol. The molecule has 0 saturated heterocycles. The van der Waals surface area contributed by atoms with Gasteiger partial charge < -0.3 is 27.2 Å². The molecular weight excluding hydrogens is 2020 g/mol. The van der Waals surface area contributed by atoms with Crippen LogP contribution in [0.5, 0.6) is 0 Å². The van der Waals surface area contributed by atoms with E-state index < -0.39 is 30.0 Å². The first-order valence-corrected chi connectivity index (χ1v) is 55.6. The van der Waals surface area contributed by atoms with E-state index >= 15 is 0 Å². The van der Waals surface area contributed by atoms with Crippen molar-refractivity contribution in [3.63, 3.8) is 0 Å². The predicted molar refractivity (Wildman–Crippen MR) is 563 cm³/mol. The van der Waals surface area contributed by atoms with Gasteiger partial charge in [0.1, 0.15) is 16.1 Å². The number of para-hydroxylation sites is 2. The molecule has 16 aromatic carbocycles. The van der Waals surface area contributed by atoms with Crippen LogP contribution >= 0.6 is 143 Å². The fourth-order valence-electron chi connectivity index (χ4n) is 14.0. The molecule has 0 radical (unpaired) electrons. The molecule has 0 atom stereocenters. The van der Waals surface area contributed by atoms with Crippen molar-refractivity contribution in [1.82, 2.24) is 0 Å². The Labute approximate surface area is 808 Å². The van der Waals surface area contributed by atoms with E-state index in [1.54, 1.807) is 18.2 Å². The van der Waals surface area contributed by atoms with Crippen LogP contribution in [0.25, 0.3) is 77.2 Å². The van der Waals surface area contributed by atoms with Crippen LogP contribution in [-0.4, -0.2) is 40.0 Å². The molecule has 2 aliphatic heterocycles. The smallest absolute Gasteiger partial charge is 0.423 e. The van der Waals surface area contributed by atoms with Gasteiger partial charge in [-0.25, -0.2) is 0 Å². The van der Waals surface area contributed by atoms with Crippen molar-refractivity contribution in [2.75, 3.05) is 10.2 Å². The number of unbranched alkanes of at least 4 members (excludes halogenated alkanes) is 1. The molecule has 122 heavy (non-hydrogen) atoms. The quantitative estimate of drug-likeness (QED) is 0.0420. The summed E-state index contributed by atoms with van der Waals surface area (Å²) in [6.45, 7) is 17.5. The van der Waals surface area contributed by atoms with Gasteiger partial charge >= 0.3 is 26.0 Å². The fourth-order valence-corrected chi connectivity index (χ4v) is 23.4. The van der Waals surface area contributed by atoms with E-state index in [1.807, 2.05) is 98.0 Å². The van der Waals surface area contributed by atoms with Crippen LogP contribution in [0.4, 0.5) is 28.4 Å². The van der Waals surface area contributed by atoms with Gasteiger partial charge in [0, 0.05) is 65.0 Å². The summed E-state index contributed by atoms with van der Waals surface area (Å²) in [6.07, 6.45) is 2.28. The zero-order valence-corrected chi connectivity index (χ0v) is 83.7. The van der Waals surface area contributed by atoms with Crippen molar-refractivity contribution in [1.29, 1.82) is 0 Å². The molecule has 16 aromatic rings. The van der Waals surface area contributed by atoms with Gasteiger partial charge in [-0.2, -0.15) is 6.42 Å². The summed E-state index contributed by atoms with van der Waals surface area (Å²) >= 11 is 44.4. The van der Waals surface area contributed by atoms with Gasteiger partial charge in [-0.3, -0.25) is 0 Å². The Morgan fingerprint density at radius 1 is 0.369 bits per heavy atom. The summed E-state index contributed by atoms with van der Waals surface area (Å²) in [5.74, 6) is 0. The van der Waals surface area contributed by atoms with Gasteiger partial charge in [0.05, 0.1) is 0 Å². The predicted octanol–water partition coefficient (Wildman–Crippen LogP) is 29.0. The molecule has 0 aliphatic carbocycles. The molecule has 0 bridgehead atoms. The second kappa shape index (κ2) is 47.0. The Bertz CT molecular complexity index is 6110. The number of fused-ring (bicyclic) bond motifs is 8. The topological polar surface area (TPSA) is 55.7 Å². The van der Waals surface area contributed by atoms with Gasteiger partial charge in [-0.15, -0.1) is 22.2 Å². The first kappa shape index (κ1) is 98.8. The Morgan fingerprint density at radius 3 is 1.19 bits per heavy atom. The third-order valence-electron chi connectivity index (χ3n) is 20.1. The van der Waals surface area contributed by atoms with Gasteiger partial charge in [-0.05, 0) is 282 Å². The van der Waals surface area contributed by atoms with Crippen molar-refractivity contribution in [2.24, 2.45) is 0 Å². The number of nitrogens with zero attached hydrogens (tertiary/aromatic N) is 1. The van der Waals surface area contributed by atoms with Crippen molar-refractivity contribution >= 4 is 249 Å². The largest absolute Gasteiger partial charge is 1.00 e. The Balaban J connectivity index is 0.000000173. The molecule has 2 aliphatic rings. The van der Waals surface area contributed by atoms with Gasteiger partial charge in [0.15, 0.2) is 0 Å². The van der Waals surface area contributed by atoms with Crippen LogP contribution in [0.2, 0.25) is 54.3 Å². The standard InChI is InChI=1S/C36H29NSi.C22H17N.C14H13ClSi.C12H7Br2Cl.C6H6BBrO2.C6H3BrClI.C4H9.C2H6Cl2Si.CH4.Li/c1-38(2)35-15-9-8-14-33(35)34-23-22-32(25-36(34)38)37(30-12-4-3-5-13-30)31-20-18-27(19-21-31)29-17-16-26-10-6-7-11-28(26)24-29;1-2-8-21(9-3-1)23-22-14-12-18(13-15-22)20-11-10-17-6-4-5-7-19(17)16-20;1-16(2)13-6-4-3-5-11(13)12-8-7-10(15)9-14(12)16;13-11-4-2-1-3-9(11)10-6-5-8(15)7-12(10)14;8-6-4-2-1-3-5(6)7(9)10;7-5-3-4(8)1-2-6(5)9;1-3-4-2;1-5(2,3)4;;/h3-25H,1-2H3;1-16,23H;3-9H,1-2H3;1-7H;1-4,9-10H;1-3H;1,3-4H2,2H3;1-2H3;1H4;/q;;;;;;-1;;;+1. The maximum absolute atomic E-state index is 8.73. The minimum atomic E-state index is -1.76. The molecule has 0 aromatic heterocycles. The molecule has 0 amide bonds. The summed E-state index contributed by atoms with van der Waals surface area (Å²) in [4.78, 5) is 2.39. The van der Waals surface area contributed by atoms with Gasteiger partial charge in [0.2, 0.25) is 6.69 Å². The molecule has 0 fully saturated rings. The average Bonchev–Trinajstić information content (AvgIpc) is 1.58. The maximum atomic E-state index is 8.73. The fraction of sp³-hybridized carbons (Fsp3) is 0.0971. The van der Waals surface area contributed by atoms with E-state index in [-0.39, 0.29) is 26.3 Å². The Morgan fingerprint density at radius 2 is 0.721 bits per heavy atom. The molecule has 614 valence electrons. The van der Waals surface area contributed by atoms with E-state index in [9.17, 15) is 0 Å². The molecular formula is C103H94BBr4Cl5ILiN2O2Si3. The molecule has 4 nitrogen and oxygen atoms in total. The van der Waals surface area contributed by atoms with E-state index in [0.29, 0.717) is 9.94 Å². The first-order valence-electron chi connectivity index (χ1n) is 39.2. The third kappa shape index (κ3) is 26.8. The van der Waals surface area contributed by atoms with Gasteiger partial charge in [-0.1, -0.05) is 366 Å². The van der Waals surface area contributed by atoms with E-state index in [4.69, 9.17) is 67.0 Å². The zero-order chi connectivity index (χ0) is 85.7. The van der Waals surface area contributed by atoms with Crippen LogP contribution in [0.15, 0.2) is 382 Å². The van der Waals surface area contributed by atoms with E-state index in [1.165, 1.54) is 108 Å². The van der Waals surface area contributed by atoms with Crippen LogP contribution in [0.3, 0.4) is 0 Å². The van der Waals surface area contributed by atoms with Crippen LogP contribution in [-0.2, 0) is 0 Å². The van der Waals surface area contributed by atoms with Crippen LogP contribution in [0.1, 0.15) is 27.2 Å². The molecule has 3 N–H and O–H groups in total. The maximum Gasteiger partial charge on any atom is 1.00 e. The Hall–Kier alpha value is -7.03. The van der Waals surface area contributed by atoms with Crippen molar-refractivity contribution < 1.29 is 28.9 Å². The normalized spacial score (nSPS) is 11.7. The SMILES string of the molecule is C.C[Si](C)(Cl)Cl.C[Si]1(C)c2ccccc2-c2ccc(Cl)cc21.C[Si]1(C)c2ccccc2-c2ccc(N(c3ccccc3)c3ccc(-c4ccc5ccccc5c4)cc3)cc21.Clc1ccc(-c2ccccc2Br)c(Br)c1.Clc1ccc(I)c(Br)c1.OB(O)c1ccccc1Br.[CH2-]CCC.[Li+].c1ccc(Nc2ccc(-c3ccc4ccccc4c3)cc2)cc1. The number of nitrogens with one attached hydrogen (secondary N) is 1. The van der Waals surface area contributed by atoms with E-state index in [2.05, 4.69) is 397 Å². The summed E-state index contributed by atoms with van der Waals surface area (Å²) in [5, 5.41) is 34.4. The Kier molecular flexibility index (Phi) is 38.0. The number of hydrogen-bond acceptors (Lipinski definition) is 4. The molecule has 18 rings (SSSR count). The monoisotopic (exact) mass is 2110 g/mol. The third-order valence-corrected chi connectivity index (χ3v) is 32.3. The summed E-state index contributed by atoms with van der Waals surface area (Å²) in [5.41, 5.74) is 19.1. The number of halogens is 10. The van der Waals surface area contributed by atoms with Crippen molar-refractivity contribution in [3.05, 3.63) is 407 Å². The number of rotatable bonds is 10. The molecule has 0 spiro atoms. The van der Waals surface area contributed by atoms with Crippen LogP contribution < -0.4 is 55.3 Å². The number of benzene rings is 16. The summed E-state index contributed by atoms with van der Waals surface area (Å²) in [6, 6.07) is 127. The first-order chi connectivity index (χ1) is 57.6. The second-order valence-electron chi connectivity index (χ2n) is 29.9. The van der Waals surface area contributed by atoms with Gasteiger partial charge in [0.25, 0.3) is 0 Å². The van der Waals surface area contributed by atoms with Crippen LogP contribution in [0, 0.1) is 10.5 Å². The number of hydrogen-bond donors (Lipinski definition) is 3. The van der Waals surface area contributed by atoms with E-state index in [0.717, 1.165) is 63.1 Å². The molecule has 0 saturated carbocycles. The van der Waals surface area contributed by atoms with Crippen molar-refractivity contribution in [2.45, 2.75) is 66.5 Å². The summed E-state index contributed by atoms with van der Waals surface area (Å²) in [7, 11) is -4.65. The molecule has 2 heterocycles. The summed E-state index contributed by atoms with van der Waals surface area (Å²) < 4.78 is 5.02.